The van der Waals surface area contributed by atoms with Gasteiger partial charge in [-0.2, -0.15) is 0 Å². The first kappa shape index (κ1) is 16.4. The quantitative estimate of drug-likeness (QED) is 0.436. The molecule has 0 bridgehead atoms. The van der Waals surface area contributed by atoms with E-state index >= 15 is 0 Å². The van der Waals surface area contributed by atoms with Crippen LogP contribution in [0.3, 0.4) is 0 Å². The molecule has 21 heavy (non-hydrogen) atoms. The van der Waals surface area contributed by atoms with Gasteiger partial charge in [0, 0.05) is 25.7 Å². The lowest BCUT2D eigenvalue weighted by molar-refractivity contribution is -0.139. The number of nitrogens with zero attached hydrogens (tertiary/aromatic N) is 2. The molecule has 0 aliphatic carbocycles. The third-order valence-electron chi connectivity index (χ3n) is 3.40. The zero-order valence-corrected chi connectivity index (χ0v) is 12.2. The maximum Gasteiger partial charge on any atom is 0.469 e. The fraction of sp³-hybridized carbons (Fsp3) is 0.700. The Hall–Kier alpha value is -1.00. The molecule has 2 aliphatic rings. The van der Waals surface area contributed by atoms with Crippen LogP contribution < -0.4 is 5.73 Å². The van der Waals surface area contributed by atoms with Crippen LogP contribution in [0.15, 0.2) is 12.3 Å². The highest BCUT2D eigenvalue weighted by molar-refractivity contribution is 7.46. The molecule has 2 aliphatic heterocycles. The van der Waals surface area contributed by atoms with Gasteiger partial charge >= 0.3 is 7.82 Å². The topological polar surface area (TPSA) is 146 Å². The fourth-order valence-electron chi connectivity index (χ4n) is 2.29. The Balaban J connectivity index is 2.10. The summed E-state index contributed by atoms with van der Waals surface area (Å²) in [6.07, 6.45) is -0.447. The number of aliphatic hydroxyl groups is 1. The van der Waals surface area contributed by atoms with Crippen LogP contribution in [0.1, 0.15) is 6.42 Å². The van der Waals surface area contributed by atoms with Gasteiger partial charge in [0.2, 0.25) is 5.91 Å². The number of phosphoric ester groups is 1. The molecule has 1 amide bonds. The molecule has 1 saturated heterocycles. The number of rotatable bonds is 4. The van der Waals surface area contributed by atoms with E-state index in [1.807, 2.05) is 0 Å². The van der Waals surface area contributed by atoms with Crippen LogP contribution >= 0.6 is 7.82 Å². The maximum atomic E-state index is 11.5. The summed E-state index contributed by atoms with van der Waals surface area (Å²) in [5.74, 6) is -0.265. The van der Waals surface area contributed by atoms with Gasteiger partial charge in [0.15, 0.2) is 6.29 Å². The number of hydrogen-bond donors (Lipinski definition) is 4. The molecule has 1 unspecified atom stereocenters. The van der Waals surface area contributed by atoms with E-state index in [0.717, 1.165) is 0 Å². The van der Waals surface area contributed by atoms with Crippen LogP contribution in [0.5, 0.6) is 0 Å². The van der Waals surface area contributed by atoms with Crippen molar-refractivity contribution in [2.24, 2.45) is 5.73 Å². The second-order valence-corrected chi connectivity index (χ2v) is 6.00. The standard InChI is InChI=1S/C10H18N3O7P/c1-12-8(15)2-3-13(10(12)11)9-4-6(7(5-14)19-9)20-21(16,17)18/h2-3,6-7,9-10,14H,4-5,11H2,1H3,(H2,16,17,18)/t6-,7+,9+,10?/m0/s1. The lowest BCUT2D eigenvalue weighted by Crippen LogP contribution is -2.58. The number of carbonyl (C=O) groups excluding carboxylic acids is 1. The zero-order valence-electron chi connectivity index (χ0n) is 11.3. The van der Waals surface area contributed by atoms with Crippen LogP contribution in [-0.2, 0) is 18.6 Å². The minimum Gasteiger partial charge on any atom is -0.394 e. The highest BCUT2D eigenvalue weighted by Gasteiger charge is 2.43. The van der Waals surface area contributed by atoms with Crippen LogP contribution in [0.2, 0.25) is 0 Å². The van der Waals surface area contributed by atoms with E-state index in [0.29, 0.717) is 0 Å². The first-order chi connectivity index (χ1) is 9.73. The van der Waals surface area contributed by atoms with E-state index in [9.17, 15) is 14.5 Å². The first-order valence-electron chi connectivity index (χ1n) is 6.21. The highest BCUT2D eigenvalue weighted by atomic mass is 31.2. The van der Waals surface area contributed by atoms with Crippen LogP contribution in [0.25, 0.3) is 0 Å². The van der Waals surface area contributed by atoms with Crippen molar-refractivity contribution in [3.63, 3.8) is 0 Å². The number of aliphatic hydroxyl groups excluding tert-OH is 1. The summed E-state index contributed by atoms with van der Waals surface area (Å²) in [5.41, 5.74) is 5.90. The van der Waals surface area contributed by atoms with Gasteiger partial charge in [-0.3, -0.25) is 15.1 Å². The molecule has 0 aromatic heterocycles. The fourth-order valence-corrected chi connectivity index (χ4v) is 2.86. The van der Waals surface area contributed by atoms with E-state index in [-0.39, 0.29) is 12.3 Å². The predicted molar refractivity (Wildman–Crippen MR) is 69.0 cm³/mol. The van der Waals surface area contributed by atoms with E-state index in [2.05, 4.69) is 4.52 Å². The summed E-state index contributed by atoms with van der Waals surface area (Å²) in [7, 11) is -3.17. The summed E-state index contributed by atoms with van der Waals surface area (Å²) in [5, 5.41) is 9.22. The molecule has 10 nitrogen and oxygen atoms in total. The van der Waals surface area contributed by atoms with E-state index < -0.39 is 39.2 Å². The van der Waals surface area contributed by atoms with E-state index in [1.165, 1.54) is 29.1 Å². The smallest absolute Gasteiger partial charge is 0.394 e. The number of nitrogens with two attached hydrogens (primary N) is 1. The molecular weight excluding hydrogens is 305 g/mol. The molecule has 0 saturated carbocycles. The highest BCUT2D eigenvalue weighted by Crippen LogP contribution is 2.42. The predicted octanol–water partition coefficient (Wildman–Crippen LogP) is -1.90. The van der Waals surface area contributed by atoms with Crippen molar-refractivity contribution in [1.29, 1.82) is 0 Å². The molecule has 11 heteroatoms. The molecule has 120 valence electrons. The van der Waals surface area contributed by atoms with Crippen molar-refractivity contribution in [1.82, 2.24) is 9.80 Å². The molecular formula is C10H18N3O7P. The Morgan fingerprint density at radius 3 is 2.81 bits per heavy atom. The SMILES string of the molecule is CN1C(=O)C=CN([C@H]2C[C@H](OP(=O)(O)O)[C@@H](CO)O2)C1N. The van der Waals surface area contributed by atoms with Crippen molar-refractivity contribution < 1.29 is 33.5 Å². The molecule has 0 aromatic rings. The molecule has 1 fully saturated rings. The van der Waals surface area contributed by atoms with E-state index in [1.54, 1.807) is 0 Å². The molecule has 5 N–H and O–H groups in total. The summed E-state index contributed by atoms with van der Waals surface area (Å²) in [6.45, 7) is -0.456. The molecule has 0 spiro atoms. The number of amides is 1. The summed E-state index contributed by atoms with van der Waals surface area (Å²) < 4.78 is 21.0. The van der Waals surface area contributed by atoms with Gasteiger partial charge in [0.05, 0.1) is 6.61 Å². The van der Waals surface area contributed by atoms with Crippen molar-refractivity contribution in [3.05, 3.63) is 12.3 Å². The number of phosphoric acid groups is 1. The van der Waals surface area contributed by atoms with Gasteiger partial charge in [-0.05, 0) is 0 Å². The lowest BCUT2D eigenvalue weighted by atomic mass is 10.2. The Bertz CT molecular complexity index is 481. The van der Waals surface area contributed by atoms with Crippen molar-refractivity contribution in [2.45, 2.75) is 31.1 Å². The Morgan fingerprint density at radius 1 is 1.57 bits per heavy atom. The van der Waals surface area contributed by atoms with E-state index in [4.69, 9.17) is 20.3 Å². The van der Waals surface area contributed by atoms with Gasteiger partial charge < -0.3 is 29.4 Å². The second kappa shape index (κ2) is 6.01. The van der Waals surface area contributed by atoms with Gasteiger partial charge in [-0.15, -0.1) is 0 Å². The molecule has 2 heterocycles. The Kier molecular flexibility index (Phi) is 4.69. The third kappa shape index (κ3) is 3.61. The Labute approximate surface area is 121 Å². The van der Waals surface area contributed by atoms with Crippen molar-refractivity contribution in [3.8, 4) is 0 Å². The second-order valence-electron chi connectivity index (χ2n) is 4.81. The van der Waals surface area contributed by atoms with Crippen molar-refractivity contribution in [2.75, 3.05) is 13.7 Å². The maximum absolute atomic E-state index is 11.5. The van der Waals surface area contributed by atoms with Gasteiger partial charge in [0.1, 0.15) is 18.4 Å². The molecule has 0 aromatic carbocycles. The number of hydrogen-bond acceptors (Lipinski definition) is 7. The summed E-state index contributed by atoms with van der Waals surface area (Å²) in [6, 6.07) is 0. The van der Waals surface area contributed by atoms with Crippen LogP contribution in [-0.4, -0.2) is 69.0 Å². The molecule has 2 rings (SSSR count). The average molecular weight is 323 g/mol. The minimum atomic E-state index is -4.69. The van der Waals surface area contributed by atoms with Crippen LogP contribution in [0.4, 0.5) is 0 Å². The summed E-state index contributed by atoms with van der Waals surface area (Å²) >= 11 is 0. The monoisotopic (exact) mass is 323 g/mol. The third-order valence-corrected chi connectivity index (χ3v) is 3.95. The average Bonchev–Trinajstić information content (AvgIpc) is 2.76. The minimum absolute atomic E-state index is 0.0937. The number of likely N-dealkylation sites (N-methyl/N-ethyl adjacent to an activating group) is 1. The lowest BCUT2D eigenvalue weighted by Gasteiger charge is -2.39. The van der Waals surface area contributed by atoms with Crippen molar-refractivity contribution >= 4 is 13.7 Å². The van der Waals surface area contributed by atoms with Gasteiger partial charge in [0.25, 0.3) is 0 Å². The van der Waals surface area contributed by atoms with Crippen LogP contribution in [0, 0.1) is 0 Å². The number of carbonyl (C=O) groups is 1. The largest absolute Gasteiger partial charge is 0.469 e. The molecule has 4 atom stereocenters. The summed E-state index contributed by atoms with van der Waals surface area (Å²) in [4.78, 5) is 32.0. The van der Waals surface area contributed by atoms with Gasteiger partial charge in [-0.1, -0.05) is 0 Å². The molecule has 0 radical (unpaired) electrons. The Morgan fingerprint density at radius 2 is 2.24 bits per heavy atom. The zero-order chi connectivity index (χ0) is 15.8. The number of ether oxygens (including phenoxy) is 1. The first-order valence-corrected chi connectivity index (χ1v) is 7.74. The normalized spacial score (nSPS) is 33.9. The van der Waals surface area contributed by atoms with Gasteiger partial charge in [-0.25, -0.2) is 4.57 Å².